The Labute approximate surface area is 117 Å². The lowest BCUT2D eigenvalue weighted by Gasteiger charge is -2.13. The zero-order valence-electron chi connectivity index (χ0n) is 11.1. The molecular formula is C11H15ClN2O4S. The normalized spacial score (nSPS) is 11.7. The van der Waals surface area contributed by atoms with Crippen LogP contribution in [0.5, 0.6) is 0 Å². The van der Waals surface area contributed by atoms with Crippen molar-refractivity contribution in [1.29, 1.82) is 0 Å². The van der Waals surface area contributed by atoms with Crippen molar-refractivity contribution in [3.05, 3.63) is 16.4 Å². The van der Waals surface area contributed by atoms with Gasteiger partial charge in [-0.1, -0.05) is 25.4 Å². The van der Waals surface area contributed by atoms with E-state index in [4.69, 9.17) is 16.3 Å². The second-order valence-electron chi connectivity index (χ2n) is 4.20. The quantitative estimate of drug-likeness (QED) is 0.479. The van der Waals surface area contributed by atoms with Crippen molar-refractivity contribution in [3.8, 4) is 0 Å². The van der Waals surface area contributed by atoms with Gasteiger partial charge in [0.25, 0.3) is 0 Å². The smallest absolute Gasteiger partial charge is 0.343 e. The first kappa shape index (κ1) is 15.8. The molecule has 0 aromatic carbocycles. The predicted molar refractivity (Wildman–Crippen MR) is 70.2 cm³/mol. The van der Waals surface area contributed by atoms with Crippen LogP contribution in [-0.4, -0.2) is 37.2 Å². The van der Waals surface area contributed by atoms with Crippen LogP contribution >= 0.6 is 11.6 Å². The zero-order chi connectivity index (χ0) is 14.8. The topological polar surface area (TPSA) is 86.2 Å². The summed E-state index contributed by atoms with van der Waals surface area (Å²) >= 11 is 5.90. The van der Waals surface area contributed by atoms with Gasteiger partial charge in [-0.05, 0) is 12.8 Å². The Bertz CT molecular complexity index is 599. The van der Waals surface area contributed by atoms with E-state index in [1.165, 1.54) is 0 Å². The standard InChI is InChI=1S/C11H15ClN2O4S/c1-5-18-10(15)7-8(6(2)3)13-11(14-9(7)12)19(4,16)17/h6H,5H2,1-4H3. The fourth-order valence-electron chi connectivity index (χ4n) is 1.41. The van der Waals surface area contributed by atoms with Crippen LogP contribution in [0.3, 0.4) is 0 Å². The molecule has 0 saturated carbocycles. The van der Waals surface area contributed by atoms with Crippen molar-refractivity contribution in [2.24, 2.45) is 0 Å². The molecule has 6 nitrogen and oxygen atoms in total. The molecule has 0 atom stereocenters. The largest absolute Gasteiger partial charge is 0.462 e. The van der Waals surface area contributed by atoms with Crippen molar-refractivity contribution in [1.82, 2.24) is 9.97 Å². The lowest BCUT2D eigenvalue weighted by Crippen LogP contribution is -2.16. The first-order valence-electron chi connectivity index (χ1n) is 5.63. The van der Waals surface area contributed by atoms with E-state index in [2.05, 4.69) is 9.97 Å². The summed E-state index contributed by atoms with van der Waals surface area (Å²) in [6, 6.07) is 0. The summed E-state index contributed by atoms with van der Waals surface area (Å²) < 4.78 is 27.8. The highest BCUT2D eigenvalue weighted by molar-refractivity contribution is 7.90. The Morgan fingerprint density at radius 2 is 1.95 bits per heavy atom. The Kier molecular flexibility index (Phi) is 4.86. The molecule has 0 radical (unpaired) electrons. The number of ether oxygens (including phenoxy) is 1. The Morgan fingerprint density at radius 3 is 2.37 bits per heavy atom. The number of aromatic nitrogens is 2. The number of hydrogen-bond acceptors (Lipinski definition) is 6. The molecule has 1 heterocycles. The molecule has 1 rings (SSSR count). The average Bonchev–Trinajstić information content (AvgIpc) is 2.26. The number of carbonyl (C=O) groups excluding carboxylic acids is 1. The fraction of sp³-hybridized carbons (Fsp3) is 0.545. The van der Waals surface area contributed by atoms with Crippen molar-refractivity contribution >= 4 is 27.4 Å². The van der Waals surface area contributed by atoms with E-state index in [1.54, 1.807) is 20.8 Å². The second kappa shape index (κ2) is 5.83. The van der Waals surface area contributed by atoms with E-state index in [0.717, 1.165) is 6.26 Å². The van der Waals surface area contributed by atoms with Crippen molar-refractivity contribution in [2.75, 3.05) is 12.9 Å². The molecule has 0 amide bonds. The maximum Gasteiger partial charge on any atom is 0.343 e. The van der Waals surface area contributed by atoms with Crippen LogP contribution in [0, 0.1) is 0 Å². The van der Waals surface area contributed by atoms with Gasteiger partial charge in [-0.2, -0.15) is 0 Å². The summed E-state index contributed by atoms with van der Waals surface area (Å²) in [4.78, 5) is 19.4. The van der Waals surface area contributed by atoms with Crippen LogP contribution in [-0.2, 0) is 14.6 Å². The molecule has 8 heteroatoms. The summed E-state index contributed by atoms with van der Waals surface area (Å²) in [6.07, 6.45) is 0.979. The average molecular weight is 307 g/mol. The van der Waals surface area contributed by atoms with Crippen LogP contribution in [0.1, 0.15) is 42.7 Å². The molecule has 1 aromatic heterocycles. The third-order valence-electron chi connectivity index (χ3n) is 2.23. The van der Waals surface area contributed by atoms with Crippen molar-refractivity contribution < 1.29 is 17.9 Å². The van der Waals surface area contributed by atoms with Gasteiger partial charge in [0, 0.05) is 6.26 Å². The number of esters is 1. The third-order valence-corrected chi connectivity index (χ3v) is 3.35. The molecule has 19 heavy (non-hydrogen) atoms. The first-order valence-corrected chi connectivity index (χ1v) is 7.90. The lowest BCUT2D eigenvalue weighted by molar-refractivity contribution is 0.0523. The zero-order valence-corrected chi connectivity index (χ0v) is 12.7. The Balaban J connectivity index is 3.53. The number of sulfone groups is 1. The number of nitrogens with zero attached hydrogens (tertiary/aromatic N) is 2. The van der Waals surface area contributed by atoms with Crippen LogP contribution in [0.15, 0.2) is 5.16 Å². The van der Waals surface area contributed by atoms with Gasteiger partial charge in [0.15, 0.2) is 0 Å². The molecule has 1 aromatic rings. The van der Waals surface area contributed by atoms with E-state index in [-0.39, 0.29) is 28.9 Å². The van der Waals surface area contributed by atoms with Gasteiger partial charge in [-0.3, -0.25) is 0 Å². The minimum Gasteiger partial charge on any atom is -0.462 e. The summed E-state index contributed by atoms with van der Waals surface area (Å²) in [5.74, 6) is -0.850. The SMILES string of the molecule is CCOC(=O)c1c(Cl)nc(S(C)(=O)=O)nc1C(C)C. The Hall–Kier alpha value is -1.21. The Morgan fingerprint density at radius 1 is 1.37 bits per heavy atom. The number of rotatable bonds is 4. The second-order valence-corrected chi connectivity index (χ2v) is 6.47. The molecule has 0 unspecified atom stereocenters. The van der Waals surface area contributed by atoms with E-state index >= 15 is 0 Å². The maximum absolute atomic E-state index is 11.8. The van der Waals surface area contributed by atoms with Gasteiger partial charge < -0.3 is 4.74 Å². The predicted octanol–water partition coefficient (Wildman–Crippen LogP) is 1.83. The minimum atomic E-state index is -3.59. The van der Waals surface area contributed by atoms with Crippen LogP contribution in [0.25, 0.3) is 0 Å². The van der Waals surface area contributed by atoms with Gasteiger partial charge in [0.1, 0.15) is 10.7 Å². The molecule has 0 bridgehead atoms. The van der Waals surface area contributed by atoms with Crippen molar-refractivity contribution in [2.45, 2.75) is 31.8 Å². The fourth-order valence-corrected chi connectivity index (χ4v) is 2.23. The molecule has 0 N–H and O–H groups in total. The number of halogens is 1. The molecule has 106 valence electrons. The first-order chi connectivity index (χ1) is 8.68. The summed E-state index contributed by atoms with van der Waals surface area (Å²) in [7, 11) is -3.59. The number of hydrogen-bond donors (Lipinski definition) is 0. The summed E-state index contributed by atoms with van der Waals surface area (Å²) in [6.45, 7) is 5.38. The molecule has 0 aliphatic heterocycles. The molecule has 0 saturated heterocycles. The van der Waals surface area contributed by atoms with Gasteiger partial charge in [0.05, 0.1) is 12.3 Å². The highest BCUT2D eigenvalue weighted by Crippen LogP contribution is 2.25. The minimum absolute atomic E-state index is 0.0194. The van der Waals surface area contributed by atoms with E-state index in [1.807, 2.05) is 0 Å². The molecule has 0 spiro atoms. The van der Waals surface area contributed by atoms with E-state index < -0.39 is 21.0 Å². The highest BCUT2D eigenvalue weighted by atomic mass is 35.5. The number of carbonyl (C=O) groups is 1. The van der Waals surface area contributed by atoms with Gasteiger partial charge >= 0.3 is 5.97 Å². The van der Waals surface area contributed by atoms with Crippen LogP contribution in [0.2, 0.25) is 5.15 Å². The molecule has 0 fully saturated rings. The van der Waals surface area contributed by atoms with Gasteiger partial charge in [-0.25, -0.2) is 23.2 Å². The molecular weight excluding hydrogens is 292 g/mol. The summed E-state index contributed by atoms with van der Waals surface area (Å²) in [5.41, 5.74) is 0.282. The van der Waals surface area contributed by atoms with Crippen LogP contribution in [0.4, 0.5) is 0 Å². The maximum atomic E-state index is 11.8. The monoisotopic (exact) mass is 306 g/mol. The third kappa shape index (κ3) is 3.63. The molecule has 0 aliphatic carbocycles. The van der Waals surface area contributed by atoms with Gasteiger partial charge in [0.2, 0.25) is 15.0 Å². The van der Waals surface area contributed by atoms with Crippen molar-refractivity contribution in [3.63, 3.8) is 0 Å². The summed E-state index contributed by atoms with van der Waals surface area (Å²) in [5, 5.41) is -0.605. The lowest BCUT2D eigenvalue weighted by atomic mass is 10.1. The highest BCUT2D eigenvalue weighted by Gasteiger charge is 2.25. The van der Waals surface area contributed by atoms with E-state index in [9.17, 15) is 13.2 Å². The van der Waals surface area contributed by atoms with Gasteiger partial charge in [-0.15, -0.1) is 0 Å². The molecule has 0 aliphatic rings. The van der Waals surface area contributed by atoms with E-state index in [0.29, 0.717) is 0 Å². The van der Waals surface area contributed by atoms with Crippen LogP contribution < -0.4 is 0 Å².